The Morgan fingerprint density at radius 1 is 1.03 bits per heavy atom. The number of aromatic nitrogens is 2. The summed E-state index contributed by atoms with van der Waals surface area (Å²) in [5.41, 5.74) is 12.9. The maximum absolute atomic E-state index is 12.4. The minimum absolute atomic E-state index is 0.171. The van der Waals surface area contributed by atoms with Crippen LogP contribution >= 0.6 is 11.7 Å². The number of nitrogen functional groups attached to an aromatic ring is 1. The number of fused-ring (bicyclic) bond motifs is 1. The number of sulfonamides is 1. The Bertz CT molecular complexity index is 1190. The van der Waals surface area contributed by atoms with Crippen LogP contribution in [0, 0.1) is 0 Å². The average Bonchev–Trinajstić information content (AvgIpc) is 3.30. The summed E-state index contributed by atoms with van der Waals surface area (Å²) in [4.78, 5) is 23.0. The second kappa shape index (κ2) is 11.8. The summed E-state index contributed by atoms with van der Waals surface area (Å²) >= 11 is 0.961. The van der Waals surface area contributed by atoms with Gasteiger partial charge in [0.15, 0.2) is 11.8 Å². The van der Waals surface area contributed by atoms with E-state index in [2.05, 4.69) is 13.5 Å². The summed E-state index contributed by atoms with van der Waals surface area (Å²) < 4.78 is 39.0. The molecular formula is C21H27N5O5S2. The van der Waals surface area contributed by atoms with E-state index in [0.717, 1.165) is 11.7 Å². The number of nitrogens with zero attached hydrogens (tertiary/aromatic N) is 3. The van der Waals surface area contributed by atoms with Gasteiger partial charge in [-0.15, -0.1) is 0 Å². The molecule has 3 rings (SSSR count). The van der Waals surface area contributed by atoms with Gasteiger partial charge in [-0.2, -0.15) is 13.1 Å². The predicted octanol–water partition coefficient (Wildman–Crippen LogP) is 2.06. The highest BCUT2D eigenvalue weighted by molar-refractivity contribution is 7.89. The molecule has 0 bridgehead atoms. The molecule has 1 atom stereocenters. The van der Waals surface area contributed by atoms with Crippen LogP contribution in [0.4, 0.5) is 5.69 Å². The second-order valence-corrected chi connectivity index (χ2v) is 9.10. The predicted molar refractivity (Wildman–Crippen MR) is 127 cm³/mol. The average molecular weight is 494 g/mol. The molecule has 1 unspecified atom stereocenters. The molecule has 1 heterocycles. The van der Waals surface area contributed by atoms with Crippen molar-refractivity contribution in [3.8, 4) is 0 Å². The molecule has 0 aliphatic heterocycles. The van der Waals surface area contributed by atoms with Gasteiger partial charge in [0.2, 0.25) is 10.0 Å². The number of carbonyl (C=O) groups excluding carboxylic acids is 2. The van der Waals surface area contributed by atoms with Crippen LogP contribution in [0.25, 0.3) is 11.0 Å². The number of Topliss-reactive ketones (excluding diaryl/α,β-unsaturated/α-hetero) is 1. The zero-order chi connectivity index (χ0) is 24.6. The molecule has 0 saturated carbocycles. The third-order valence-electron chi connectivity index (χ3n) is 4.61. The molecule has 12 heteroatoms. The Labute approximate surface area is 196 Å². The van der Waals surface area contributed by atoms with E-state index in [1.54, 1.807) is 57.2 Å². The third-order valence-corrected chi connectivity index (χ3v) is 7.22. The molecule has 3 aromatic rings. The van der Waals surface area contributed by atoms with E-state index in [1.165, 1.54) is 10.4 Å². The van der Waals surface area contributed by atoms with Gasteiger partial charge < -0.3 is 16.2 Å². The van der Waals surface area contributed by atoms with Gasteiger partial charge in [-0.3, -0.25) is 4.79 Å². The van der Waals surface area contributed by atoms with E-state index in [4.69, 9.17) is 11.5 Å². The van der Waals surface area contributed by atoms with Crippen molar-refractivity contribution < 1.29 is 22.7 Å². The number of benzene rings is 2. The number of anilines is 1. The molecule has 0 fully saturated rings. The van der Waals surface area contributed by atoms with Gasteiger partial charge in [0, 0.05) is 18.7 Å². The summed E-state index contributed by atoms with van der Waals surface area (Å²) in [5.74, 6) is -1.11. The molecule has 0 amide bonds. The van der Waals surface area contributed by atoms with Crippen molar-refractivity contribution in [2.75, 3.05) is 25.4 Å². The van der Waals surface area contributed by atoms with Crippen LogP contribution in [-0.2, 0) is 19.6 Å². The van der Waals surface area contributed by atoms with E-state index in [-0.39, 0.29) is 11.5 Å². The number of rotatable bonds is 8. The molecular weight excluding hydrogens is 466 g/mol. The lowest BCUT2D eigenvalue weighted by Crippen LogP contribution is -2.40. The number of hydrogen-bond acceptors (Lipinski definition) is 10. The maximum atomic E-state index is 12.4. The van der Waals surface area contributed by atoms with Gasteiger partial charge in [-0.1, -0.05) is 44.2 Å². The fraction of sp³-hybridized carbons (Fsp3) is 0.333. The van der Waals surface area contributed by atoms with Crippen LogP contribution < -0.4 is 11.5 Å². The van der Waals surface area contributed by atoms with Crippen LogP contribution in [0.5, 0.6) is 0 Å². The van der Waals surface area contributed by atoms with E-state index < -0.39 is 27.8 Å². The van der Waals surface area contributed by atoms with Gasteiger partial charge in [-0.05, 0) is 19.1 Å². The van der Waals surface area contributed by atoms with Crippen LogP contribution in [0.3, 0.4) is 0 Å². The number of hydrogen-bond donors (Lipinski definition) is 2. The van der Waals surface area contributed by atoms with Gasteiger partial charge in [0.25, 0.3) is 0 Å². The maximum Gasteiger partial charge on any atom is 0.331 e. The van der Waals surface area contributed by atoms with Crippen molar-refractivity contribution in [1.82, 2.24) is 13.1 Å². The Morgan fingerprint density at radius 2 is 1.64 bits per heavy atom. The van der Waals surface area contributed by atoms with Crippen molar-refractivity contribution in [2.24, 2.45) is 5.73 Å². The summed E-state index contributed by atoms with van der Waals surface area (Å²) in [6.07, 6.45) is 0. The lowest BCUT2D eigenvalue weighted by molar-refractivity contribution is -0.143. The zero-order valence-electron chi connectivity index (χ0n) is 18.6. The van der Waals surface area contributed by atoms with Gasteiger partial charge in [-0.25, -0.2) is 13.2 Å². The normalized spacial score (nSPS) is 12.2. The third kappa shape index (κ3) is 6.11. The molecule has 178 valence electrons. The highest BCUT2D eigenvalue weighted by atomic mass is 32.2. The van der Waals surface area contributed by atoms with E-state index in [0.29, 0.717) is 35.4 Å². The largest absolute Gasteiger partial charge is 0.464 e. The fourth-order valence-corrected chi connectivity index (χ4v) is 5.12. The SMILES string of the molecule is CCN(CC)S(=O)(=O)c1ccc(N)c2nsnc12.CCOC(=O)C(N)C(=O)c1ccccc1. The monoisotopic (exact) mass is 493 g/mol. The first-order valence-corrected chi connectivity index (χ1v) is 12.4. The number of nitrogens with two attached hydrogens (primary N) is 2. The summed E-state index contributed by atoms with van der Waals surface area (Å²) in [5, 5.41) is 0. The minimum Gasteiger partial charge on any atom is -0.464 e. The Kier molecular flexibility index (Phi) is 9.41. The number of esters is 1. The molecule has 0 aliphatic rings. The first kappa shape index (κ1) is 26.3. The minimum atomic E-state index is -3.53. The number of ketones is 1. The topological polar surface area (TPSA) is 159 Å². The van der Waals surface area contributed by atoms with Crippen LogP contribution in [0.2, 0.25) is 0 Å². The highest BCUT2D eigenvalue weighted by Crippen LogP contribution is 2.28. The van der Waals surface area contributed by atoms with Crippen molar-refractivity contribution in [1.29, 1.82) is 0 Å². The quantitative estimate of drug-likeness (QED) is 0.207. The summed E-state index contributed by atoms with van der Waals surface area (Å²) in [6.45, 7) is 6.32. The second-order valence-electron chi connectivity index (χ2n) is 6.66. The van der Waals surface area contributed by atoms with E-state index in [1.807, 2.05) is 0 Å². The molecule has 2 aromatic carbocycles. The molecule has 4 N–H and O–H groups in total. The number of carbonyl (C=O) groups is 2. The van der Waals surface area contributed by atoms with Crippen LogP contribution in [-0.4, -0.2) is 59.0 Å². The van der Waals surface area contributed by atoms with Crippen molar-refractivity contribution >= 4 is 50.2 Å². The summed E-state index contributed by atoms with van der Waals surface area (Å²) in [6, 6.07) is 10.3. The molecule has 0 saturated heterocycles. The first-order valence-electron chi connectivity index (χ1n) is 10.2. The lowest BCUT2D eigenvalue weighted by atomic mass is 10.1. The van der Waals surface area contributed by atoms with Crippen molar-refractivity contribution in [2.45, 2.75) is 31.7 Å². The van der Waals surface area contributed by atoms with Crippen LogP contribution in [0.1, 0.15) is 31.1 Å². The van der Waals surface area contributed by atoms with Gasteiger partial charge >= 0.3 is 5.97 Å². The van der Waals surface area contributed by atoms with Crippen molar-refractivity contribution in [3.05, 3.63) is 48.0 Å². The molecule has 0 spiro atoms. The van der Waals surface area contributed by atoms with Gasteiger partial charge in [0.05, 0.1) is 24.0 Å². The molecule has 10 nitrogen and oxygen atoms in total. The highest BCUT2D eigenvalue weighted by Gasteiger charge is 2.26. The Morgan fingerprint density at radius 3 is 2.21 bits per heavy atom. The molecule has 0 aliphatic carbocycles. The molecule has 0 radical (unpaired) electrons. The zero-order valence-corrected chi connectivity index (χ0v) is 20.2. The van der Waals surface area contributed by atoms with Gasteiger partial charge in [0.1, 0.15) is 15.9 Å². The Balaban J connectivity index is 0.000000238. The standard InChI is InChI=1S/C11H13NO3.C10H14N4O2S2/c1-2-15-11(14)9(12)10(13)8-6-4-3-5-7-8;1-3-14(4-2)18(15,16)8-6-5-7(11)9-10(8)13-17-12-9/h3-7,9H,2,12H2,1H3;5-6H,3-4,11H2,1-2H3. The molecule has 33 heavy (non-hydrogen) atoms. The summed E-state index contributed by atoms with van der Waals surface area (Å²) in [7, 11) is -3.53. The fourth-order valence-electron chi connectivity index (χ4n) is 2.89. The number of ether oxygens (including phenoxy) is 1. The van der Waals surface area contributed by atoms with E-state index in [9.17, 15) is 18.0 Å². The first-order chi connectivity index (χ1) is 15.7. The van der Waals surface area contributed by atoms with Crippen LogP contribution in [0.15, 0.2) is 47.4 Å². The Hall–Kier alpha value is -2.93. The van der Waals surface area contributed by atoms with Crippen molar-refractivity contribution in [3.63, 3.8) is 0 Å². The lowest BCUT2D eigenvalue weighted by Gasteiger charge is -2.18. The van der Waals surface area contributed by atoms with E-state index >= 15 is 0 Å². The smallest absolute Gasteiger partial charge is 0.331 e. The molecule has 1 aromatic heterocycles.